The number of nitrogens with zero attached hydrogens (tertiary/aromatic N) is 2. The Kier molecular flexibility index (Phi) is 11.0. The molecule has 2 aromatic rings. The average molecular weight is 561 g/mol. The molecule has 0 spiro atoms. The third-order valence-electron chi connectivity index (χ3n) is 5.80. The number of hydrogen-bond donors (Lipinski definition) is 1. The molecule has 0 fully saturated rings. The average Bonchev–Trinajstić information content (AvgIpc) is 2.81. The number of carbonyl (C=O) groups excluding carboxylic acids is 2. The topological polar surface area (TPSA) is 86.8 Å². The van der Waals surface area contributed by atoms with Crippen LogP contribution in [0.15, 0.2) is 42.5 Å². The van der Waals surface area contributed by atoms with Gasteiger partial charge in [0.1, 0.15) is 11.9 Å². The molecule has 2 rings (SSSR count). The standard InChI is InChI=1S/C25H32Cl2FN3O4S/c1-5-17(2)29-25(33)18(3)30(16-19-9-6-7-10-22(19)28)24(32)11-8-14-31(36(4,34)35)23-15-20(26)12-13-21(23)27/h6-7,9-10,12-13,15,17-18H,5,8,11,14,16H2,1-4H3,(H,29,33)/t17-,18+/m1/s1. The van der Waals surface area contributed by atoms with E-state index in [1.807, 2.05) is 13.8 Å². The van der Waals surface area contributed by atoms with E-state index < -0.39 is 27.8 Å². The Morgan fingerprint density at radius 3 is 2.39 bits per heavy atom. The molecule has 0 unspecified atom stereocenters. The molecular weight excluding hydrogens is 528 g/mol. The first kappa shape index (κ1) is 29.9. The maximum atomic E-state index is 14.4. The molecule has 0 radical (unpaired) electrons. The lowest BCUT2D eigenvalue weighted by atomic mass is 10.1. The second kappa shape index (κ2) is 13.3. The van der Waals surface area contributed by atoms with Gasteiger partial charge in [-0.1, -0.05) is 48.3 Å². The summed E-state index contributed by atoms with van der Waals surface area (Å²) in [7, 11) is -3.72. The fraction of sp³-hybridized carbons (Fsp3) is 0.440. The van der Waals surface area contributed by atoms with Crippen LogP contribution in [0.4, 0.5) is 10.1 Å². The van der Waals surface area contributed by atoms with E-state index in [1.165, 1.54) is 23.1 Å². The third kappa shape index (κ3) is 8.35. The molecule has 0 aromatic heterocycles. The molecule has 11 heteroatoms. The molecule has 7 nitrogen and oxygen atoms in total. The summed E-state index contributed by atoms with van der Waals surface area (Å²) in [5, 5.41) is 3.37. The van der Waals surface area contributed by atoms with E-state index in [1.54, 1.807) is 31.2 Å². The second-order valence-corrected chi connectivity index (χ2v) is 11.4. The van der Waals surface area contributed by atoms with E-state index in [0.29, 0.717) is 11.4 Å². The Morgan fingerprint density at radius 2 is 1.78 bits per heavy atom. The van der Waals surface area contributed by atoms with Crippen molar-refractivity contribution in [1.82, 2.24) is 10.2 Å². The van der Waals surface area contributed by atoms with Gasteiger partial charge in [-0.25, -0.2) is 12.8 Å². The van der Waals surface area contributed by atoms with Crippen LogP contribution in [0.2, 0.25) is 10.0 Å². The summed E-state index contributed by atoms with van der Waals surface area (Å²) in [4.78, 5) is 27.4. The third-order valence-corrected chi connectivity index (χ3v) is 7.53. The molecular formula is C25H32Cl2FN3O4S. The number of rotatable bonds is 12. The normalized spacial score (nSPS) is 13.1. The highest BCUT2D eigenvalue weighted by molar-refractivity contribution is 7.92. The van der Waals surface area contributed by atoms with E-state index in [9.17, 15) is 22.4 Å². The van der Waals surface area contributed by atoms with Crippen LogP contribution >= 0.6 is 23.2 Å². The molecule has 0 bridgehead atoms. The summed E-state index contributed by atoms with van der Waals surface area (Å²) >= 11 is 12.2. The van der Waals surface area contributed by atoms with Gasteiger partial charge in [-0.2, -0.15) is 0 Å². The molecule has 0 saturated carbocycles. The van der Waals surface area contributed by atoms with E-state index in [0.717, 1.165) is 10.6 Å². The number of hydrogen-bond acceptors (Lipinski definition) is 4. The predicted octanol–water partition coefficient (Wildman–Crippen LogP) is 5.01. The van der Waals surface area contributed by atoms with E-state index in [2.05, 4.69) is 5.32 Å². The molecule has 2 amide bonds. The molecule has 36 heavy (non-hydrogen) atoms. The van der Waals surface area contributed by atoms with Gasteiger partial charge in [-0.05, 0) is 51.0 Å². The molecule has 0 heterocycles. The van der Waals surface area contributed by atoms with E-state index in [-0.39, 0.29) is 54.2 Å². The van der Waals surface area contributed by atoms with Gasteiger partial charge in [0.25, 0.3) is 0 Å². The van der Waals surface area contributed by atoms with Crippen LogP contribution in [-0.4, -0.2) is 50.0 Å². The van der Waals surface area contributed by atoms with Gasteiger partial charge < -0.3 is 10.2 Å². The van der Waals surface area contributed by atoms with Crippen LogP contribution in [0.3, 0.4) is 0 Å². The van der Waals surface area contributed by atoms with Gasteiger partial charge in [-0.3, -0.25) is 13.9 Å². The summed E-state index contributed by atoms with van der Waals surface area (Å²) in [6, 6.07) is 9.59. The number of amides is 2. The maximum Gasteiger partial charge on any atom is 0.242 e. The van der Waals surface area contributed by atoms with Crippen molar-refractivity contribution in [1.29, 1.82) is 0 Å². The first-order chi connectivity index (χ1) is 16.8. The van der Waals surface area contributed by atoms with E-state index in [4.69, 9.17) is 23.2 Å². The van der Waals surface area contributed by atoms with Gasteiger partial charge in [0.15, 0.2) is 0 Å². The summed E-state index contributed by atoms with van der Waals surface area (Å²) in [6.45, 7) is 5.24. The van der Waals surface area contributed by atoms with Crippen LogP contribution in [0.5, 0.6) is 0 Å². The van der Waals surface area contributed by atoms with Crippen molar-refractivity contribution < 1.29 is 22.4 Å². The van der Waals surface area contributed by atoms with Crippen LogP contribution in [-0.2, 0) is 26.2 Å². The first-order valence-electron chi connectivity index (χ1n) is 11.6. The predicted molar refractivity (Wildman–Crippen MR) is 142 cm³/mol. The Bertz CT molecular complexity index is 1180. The second-order valence-electron chi connectivity index (χ2n) is 8.64. The lowest BCUT2D eigenvalue weighted by molar-refractivity contribution is -0.141. The minimum atomic E-state index is -3.72. The summed E-state index contributed by atoms with van der Waals surface area (Å²) < 4.78 is 40.3. The molecule has 1 N–H and O–H groups in total. The van der Waals surface area contributed by atoms with Gasteiger partial charge >= 0.3 is 0 Å². The van der Waals surface area contributed by atoms with Crippen molar-refractivity contribution in [3.05, 3.63) is 63.9 Å². The molecule has 0 aliphatic heterocycles. The monoisotopic (exact) mass is 559 g/mol. The molecule has 198 valence electrons. The Balaban J connectivity index is 2.22. The SMILES string of the molecule is CC[C@@H](C)NC(=O)[C@H](C)N(Cc1ccccc1F)C(=O)CCCN(c1cc(Cl)ccc1Cl)S(C)(=O)=O. The smallest absolute Gasteiger partial charge is 0.242 e. The van der Waals surface area contributed by atoms with Crippen LogP contribution in [0, 0.1) is 5.82 Å². The van der Waals surface area contributed by atoms with Crippen molar-refractivity contribution in [3.63, 3.8) is 0 Å². The largest absolute Gasteiger partial charge is 0.352 e. The van der Waals surface area contributed by atoms with Crippen LogP contribution in [0.1, 0.15) is 45.6 Å². The number of nitrogens with one attached hydrogen (secondary N) is 1. The fourth-order valence-electron chi connectivity index (χ4n) is 3.52. The quantitative estimate of drug-likeness (QED) is 0.396. The zero-order valence-electron chi connectivity index (χ0n) is 20.8. The number of carbonyl (C=O) groups is 2. The zero-order chi connectivity index (χ0) is 27.0. The Hall–Kier alpha value is -2.36. The van der Waals surface area contributed by atoms with E-state index >= 15 is 0 Å². The first-order valence-corrected chi connectivity index (χ1v) is 14.2. The molecule has 2 atom stereocenters. The minimum absolute atomic E-state index is 0.0361. The lowest BCUT2D eigenvalue weighted by Gasteiger charge is -2.30. The zero-order valence-corrected chi connectivity index (χ0v) is 23.1. The summed E-state index contributed by atoms with van der Waals surface area (Å²) in [5.41, 5.74) is 0.487. The van der Waals surface area contributed by atoms with Crippen molar-refractivity contribution in [2.45, 2.75) is 58.7 Å². The summed E-state index contributed by atoms with van der Waals surface area (Å²) in [6.07, 6.45) is 1.83. The maximum absolute atomic E-state index is 14.4. The van der Waals surface area contributed by atoms with Crippen LogP contribution < -0.4 is 9.62 Å². The van der Waals surface area contributed by atoms with Gasteiger partial charge in [0, 0.05) is 36.1 Å². The molecule has 0 saturated heterocycles. The number of benzene rings is 2. The van der Waals surface area contributed by atoms with Crippen LogP contribution in [0.25, 0.3) is 0 Å². The van der Waals surface area contributed by atoms with Crippen molar-refractivity contribution in [3.8, 4) is 0 Å². The Morgan fingerprint density at radius 1 is 1.11 bits per heavy atom. The fourth-order valence-corrected chi connectivity index (χ4v) is 4.92. The van der Waals surface area contributed by atoms with Gasteiger partial charge in [-0.15, -0.1) is 0 Å². The van der Waals surface area contributed by atoms with Crippen molar-refractivity contribution >= 4 is 50.7 Å². The van der Waals surface area contributed by atoms with Gasteiger partial charge in [0.2, 0.25) is 21.8 Å². The number of sulfonamides is 1. The number of halogens is 3. The number of anilines is 1. The van der Waals surface area contributed by atoms with Crippen molar-refractivity contribution in [2.24, 2.45) is 0 Å². The molecule has 0 aliphatic carbocycles. The minimum Gasteiger partial charge on any atom is -0.352 e. The highest BCUT2D eigenvalue weighted by Crippen LogP contribution is 2.31. The molecule has 0 aliphatic rings. The molecule has 2 aromatic carbocycles. The lowest BCUT2D eigenvalue weighted by Crippen LogP contribution is -2.49. The van der Waals surface area contributed by atoms with Crippen molar-refractivity contribution in [2.75, 3.05) is 17.1 Å². The summed E-state index contributed by atoms with van der Waals surface area (Å²) in [5.74, 6) is -1.24. The highest BCUT2D eigenvalue weighted by atomic mass is 35.5. The Labute approximate surface area is 222 Å². The van der Waals surface area contributed by atoms with Gasteiger partial charge in [0.05, 0.1) is 17.0 Å². The highest BCUT2D eigenvalue weighted by Gasteiger charge is 2.28.